The summed E-state index contributed by atoms with van der Waals surface area (Å²) in [6.45, 7) is 0. The van der Waals surface area contributed by atoms with Gasteiger partial charge < -0.3 is 0 Å². The third kappa shape index (κ3) is 1.93. The van der Waals surface area contributed by atoms with Crippen molar-refractivity contribution >= 4 is 0 Å². The Morgan fingerprint density at radius 3 is 2.29 bits per heavy atom. The average molecular weight is 231 g/mol. The van der Waals surface area contributed by atoms with Gasteiger partial charge in [-0.15, -0.1) is 0 Å². The van der Waals surface area contributed by atoms with E-state index in [1.807, 2.05) is 30.3 Å². The first-order valence-corrected chi connectivity index (χ1v) is 5.56. The monoisotopic (exact) mass is 231 g/mol. The molecule has 0 amide bonds. The average Bonchev–Trinajstić information content (AvgIpc) is 3.00. The van der Waals surface area contributed by atoms with Gasteiger partial charge in [-0.1, -0.05) is 30.3 Å². The van der Waals surface area contributed by atoms with Gasteiger partial charge >= 0.3 is 0 Å². The van der Waals surface area contributed by atoms with Crippen LogP contribution in [0, 0.1) is 0 Å². The molecule has 0 N–H and O–H groups in total. The van der Waals surface area contributed by atoms with Crippen LogP contribution in [0.15, 0.2) is 48.7 Å². The topological polar surface area (TPSA) is 12.9 Å². The van der Waals surface area contributed by atoms with Gasteiger partial charge in [0, 0.05) is 18.2 Å². The number of hydrogen-bond donors (Lipinski definition) is 0. The second-order valence-corrected chi connectivity index (χ2v) is 4.35. The van der Waals surface area contributed by atoms with Crippen LogP contribution in [0.2, 0.25) is 0 Å². The minimum atomic E-state index is -2.49. The molecule has 1 aromatic carbocycles. The minimum absolute atomic E-state index is 0.0179. The Morgan fingerprint density at radius 2 is 1.76 bits per heavy atom. The van der Waals surface area contributed by atoms with Crippen LogP contribution in [0.1, 0.15) is 17.9 Å². The molecule has 0 bridgehead atoms. The fraction of sp³-hybridized carbons (Fsp3) is 0.214. The van der Waals surface area contributed by atoms with Crippen molar-refractivity contribution in [3.8, 4) is 11.3 Å². The molecule has 86 valence electrons. The highest BCUT2D eigenvalue weighted by Gasteiger charge is 2.57. The Labute approximate surface area is 98.1 Å². The molecule has 0 radical (unpaired) electrons. The van der Waals surface area contributed by atoms with Gasteiger partial charge in [0.1, 0.15) is 0 Å². The van der Waals surface area contributed by atoms with E-state index in [0.29, 0.717) is 0 Å². The molecule has 1 heterocycles. The number of nitrogens with zero attached hydrogens (tertiary/aromatic N) is 1. The summed E-state index contributed by atoms with van der Waals surface area (Å²) in [6, 6.07) is 12.9. The Morgan fingerprint density at radius 1 is 1.06 bits per heavy atom. The van der Waals surface area contributed by atoms with Crippen LogP contribution in [-0.4, -0.2) is 10.9 Å². The van der Waals surface area contributed by atoms with Gasteiger partial charge in [-0.2, -0.15) is 0 Å². The molecule has 0 saturated heterocycles. The first-order chi connectivity index (χ1) is 8.17. The first-order valence-electron chi connectivity index (χ1n) is 5.56. The lowest BCUT2D eigenvalue weighted by atomic mass is 10.1. The molecule has 1 nitrogen and oxygen atoms in total. The first kappa shape index (κ1) is 10.4. The van der Waals surface area contributed by atoms with Gasteiger partial charge in [0.05, 0.1) is 11.6 Å². The molecule has 1 fully saturated rings. The number of halogens is 2. The molecular weight excluding hydrogens is 220 g/mol. The van der Waals surface area contributed by atoms with Gasteiger partial charge in [0.2, 0.25) is 0 Å². The van der Waals surface area contributed by atoms with E-state index >= 15 is 0 Å². The van der Waals surface area contributed by atoms with Crippen molar-refractivity contribution < 1.29 is 8.78 Å². The number of hydrogen-bond acceptors (Lipinski definition) is 1. The SMILES string of the molecule is FC1(F)CC1c1ccc(-c2ccccn2)cc1. The van der Waals surface area contributed by atoms with Crippen LogP contribution in [0.4, 0.5) is 8.78 Å². The van der Waals surface area contributed by atoms with Crippen LogP contribution < -0.4 is 0 Å². The lowest BCUT2D eigenvalue weighted by Gasteiger charge is -2.03. The lowest BCUT2D eigenvalue weighted by molar-refractivity contribution is 0.112. The van der Waals surface area contributed by atoms with Crippen molar-refractivity contribution in [2.24, 2.45) is 0 Å². The fourth-order valence-electron chi connectivity index (χ4n) is 1.99. The summed E-state index contributed by atoms with van der Waals surface area (Å²) in [7, 11) is 0. The zero-order chi connectivity index (χ0) is 11.9. The Bertz CT molecular complexity index is 520. The van der Waals surface area contributed by atoms with Crippen LogP contribution in [0.3, 0.4) is 0 Å². The third-order valence-electron chi connectivity index (χ3n) is 3.10. The normalized spacial score (nSPS) is 21.2. The van der Waals surface area contributed by atoms with E-state index in [-0.39, 0.29) is 6.42 Å². The second-order valence-electron chi connectivity index (χ2n) is 4.35. The van der Waals surface area contributed by atoms with Crippen LogP contribution in [0.5, 0.6) is 0 Å². The summed E-state index contributed by atoms with van der Waals surface area (Å²) in [5, 5.41) is 0. The van der Waals surface area contributed by atoms with Crippen molar-refractivity contribution in [2.45, 2.75) is 18.3 Å². The Hall–Kier alpha value is -1.77. The summed E-state index contributed by atoms with van der Waals surface area (Å²) in [5.74, 6) is -3.08. The van der Waals surface area contributed by atoms with E-state index in [1.54, 1.807) is 18.3 Å². The Balaban J connectivity index is 1.87. The molecule has 17 heavy (non-hydrogen) atoms. The minimum Gasteiger partial charge on any atom is -0.256 e. The van der Waals surface area contributed by atoms with Gasteiger partial charge in [0.25, 0.3) is 5.92 Å². The summed E-state index contributed by atoms with van der Waals surface area (Å²) in [4.78, 5) is 4.22. The van der Waals surface area contributed by atoms with E-state index in [9.17, 15) is 8.78 Å². The molecule has 0 aliphatic heterocycles. The van der Waals surface area contributed by atoms with Gasteiger partial charge in [-0.25, -0.2) is 8.78 Å². The maximum atomic E-state index is 12.9. The summed E-state index contributed by atoms with van der Waals surface area (Å²) in [5.41, 5.74) is 2.54. The summed E-state index contributed by atoms with van der Waals surface area (Å²) >= 11 is 0. The maximum Gasteiger partial charge on any atom is 0.255 e. The molecule has 1 atom stereocenters. The number of rotatable bonds is 2. The van der Waals surface area contributed by atoms with Crippen LogP contribution >= 0.6 is 0 Å². The highest BCUT2D eigenvalue weighted by Crippen LogP contribution is 2.55. The molecule has 1 saturated carbocycles. The molecule has 1 aliphatic rings. The predicted octanol–water partition coefficient (Wildman–Crippen LogP) is 3.87. The standard InChI is InChI=1S/C14H11F2N/c15-14(16)9-12(14)10-4-6-11(7-5-10)13-3-1-2-8-17-13/h1-8,12H,9H2. The molecule has 1 unspecified atom stereocenters. The highest BCUT2D eigenvalue weighted by molar-refractivity contribution is 5.59. The zero-order valence-corrected chi connectivity index (χ0v) is 9.11. The molecule has 2 aromatic rings. The van der Waals surface area contributed by atoms with Gasteiger partial charge in [-0.05, 0) is 17.7 Å². The van der Waals surface area contributed by atoms with Crippen LogP contribution in [0.25, 0.3) is 11.3 Å². The highest BCUT2D eigenvalue weighted by atomic mass is 19.3. The van der Waals surface area contributed by atoms with Crippen molar-refractivity contribution in [3.63, 3.8) is 0 Å². The Kier molecular flexibility index (Phi) is 2.21. The lowest BCUT2D eigenvalue weighted by Crippen LogP contribution is -1.92. The third-order valence-corrected chi connectivity index (χ3v) is 3.10. The quantitative estimate of drug-likeness (QED) is 0.764. The van der Waals surface area contributed by atoms with Crippen molar-refractivity contribution in [3.05, 3.63) is 54.2 Å². The van der Waals surface area contributed by atoms with Crippen molar-refractivity contribution in [1.82, 2.24) is 4.98 Å². The van der Waals surface area contributed by atoms with Gasteiger partial charge in [0.15, 0.2) is 0 Å². The molecular formula is C14H11F2N. The number of aromatic nitrogens is 1. The van der Waals surface area contributed by atoms with E-state index in [4.69, 9.17) is 0 Å². The van der Waals surface area contributed by atoms with E-state index < -0.39 is 11.8 Å². The predicted molar refractivity (Wildman–Crippen MR) is 62.0 cm³/mol. The summed E-state index contributed by atoms with van der Waals surface area (Å²) in [6.07, 6.45) is 1.70. The van der Waals surface area contributed by atoms with E-state index in [0.717, 1.165) is 16.8 Å². The largest absolute Gasteiger partial charge is 0.256 e. The van der Waals surface area contributed by atoms with E-state index in [2.05, 4.69) is 4.98 Å². The fourth-order valence-corrected chi connectivity index (χ4v) is 1.99. The molecule has 0 spiro atoms. The molecule has 3 rings (SSSR count). The maximum absolute atomic E-state index is 12.9. The van der Waals surface area contributed by atoms with Gasteiger partial charge in [-0.3, -0.25) is 4.98 Å². The van der Waals surface area contributed by atoms with Crippen molar-refractivity contribution in [2.75, 3.05) is 0 Å². The summed E-state index contributed by atoms with van der Waals surface area (Å²) < 4.78 is 25.8. The zero-order valence-electron chi connectivity index (χ0n) is 9.11. The molecule has 1 aromatic heterocycles. The number of pyridine rings is 1. The van der Waals surface area contributed by atoms with Crippen molar-refractivity contribution in [1.29, 1.82) is 0 Å². The van der Waals surface area contributed by atoms with E-state index in [1.165, 1.54) is 0 Å². The molecule has 3 heteroatoms. The smallest absolute Gasteiger partial charge is 0.255 e. The van der Waals surface area contributed by atoms with Crippen LogP contribution in [-0.2, 0) is 0 Å². The number of benzene rings is 1. The second kappa shape index (κ2) is 3.62. The molecule has 1 aliphatic carbocycles. The number of alkyl halides is 2.